The number of rotatable bonds is 5. The van der Waals surface area contributed by atoms with Crippen LogP contribution in [0.3, 0.4) is 0 Å². The molecule has 0 aliphatic carbocycles. The maximum Gasteiger partial charge on any atom is 0.318 e. The molecule has 3 aromatic heterocycles. The van der Waals surface area contributed by atoms with Gasteiger partial charge in [0.2, 0.25) is 0 Å². The number of nitrogens with zero attached hydrogens (tertiary/aromatic N) is 5. The van der Waals surface area contributed by atoms with Gasteiger partial charge in [-0.05, 0) is 12.1 Å². The quantitative estimate of drug-likeness (QED) is 0.750. The Balaban J connectivity index is 1.82. The van der Waals surface area contributed by atoms with Gasteiger partial charge >= 0.3 is 6.01 Å². The topological polar surface area (TPSA) is 106 Å². The van der Waals surface area contributed by atoms with Gasteiger partial charge in [-0.25, -0.2) is 4.98 Å². The highest BCUT2D eigenvalue weighted by Crippen LogP contribution is 2.24. The van der Waals surface area contributed by atoms with Crippen molar-refractivity contribution in [3.63, 3.8) is 0 Å². The van der Waals surface area contributed by atoms with E-state index in [1.54, 1.807) is 43.5 Å². The van der Waals surface area contributed by atoms with Crippen LogP contribution < -0.4 is 15.0 Å². The number of anilines is 2. The molecule has 0 atom stereocenters. The molecule has 3 heterocycles. The first-order valence-electron chi connectivity index (χ1n) is 7.35. The van der Waals surface area contributed by atoms with Crippen molar-refractivity contribution < 1.29 is 14.1 Å². The van der Waals surface area contributed by atoms with Gasteiger partial charge in [0.05, 0.1) is 13.3 Å². The number of ether oxygens (including phenoxy) is 1. The number of hydrogen-bond acceptors (Lipinski definition) is 8. The summed E-state index contributed by atoms with van der Waals surface area (Å²) in [5.41, 5.74) is 1.30. The van der Waals surface area contributed by atoms with Crippen molar-refractivity contribution in [2.24, 2.45) is 0 Å². The van der Waals surface area contributed by atoms with E-state index < -0.39 is 5.91 Å². The number of carbonyl (C=O) groups is 1. The SMILES string of the molecule is COc1ncc(NC(=O)c2cc(-c3cccnc3)on2)c(N(C)C)n1. The van der Waals surface area contributed by atoms with Gasteiger partial charge in [0.15, 0.2) is 17.3 Å². The van der Waals surface area contributed by atoms with E-state index in [0.29, 0.717) is 17.3 Å². The fourth-order valence-electron chi connectivity index (χ4n) is 2.10. The van der Waals surface area contributed by atoms with Crippen molar-refractivity contribution in [3.05, 3.63) is 42.5 Å². The van der Waals surface area contributed by atoms with Crippen LogP contribution in [0.25, 0.3) is 11.3 Å². The van der Waals surface area contributed by atoms with Gasteiger partial charge in [-0.3, -0.25) is 9.78 Å². The average Bonchev–Trinajstić information content (AvgIpc) is 3.13. The van der Waals surface area contributed by atoms with E-state index >= 15 is 0 Å². The molecule has 9 nitrogen and oxygen atoms in total. The summed E-state index contributed by atoms with van der Waals surface area (Å²) in [4.78, 5) is 26.4. The smallest absolute Gasteiger partial charge is 0.318 e. The van der Waals surface area contributed by atoms with E-state index in [0.717, 1.165) is 5.56 Å². The van der Waals surface area contributed by atoms with Crippen molar-refractivity contribution in [1.82, 2.24) is 20.1 Å². The molecule has 0 radical (unpaired) electrons. The number of methoxy groups -OCH3 is 1. The molecule has 0 saturated heterocycles. The Morgan fingerprint density at radius 3 is 2.84 bits per heavy atom. The molecular weight excluding hydrogens is 324 g/mol. The first-order valence-corrected chi connectivity index (χ1v) is 7.35. The van der Waals surface area contributed by atoms with Crippen LogP contribution >= 0.6 is 0 Å². The minimum absolute atomic E-state index is 0.138. The zero-order chi connectivity index (χ0) is 17.8. The lowest BCUT2D eigenvalue weighted by Crippen LogP contribution is -2.18. The molecular formula is C16H16N6O3. The van der Waals surface area contributed by atoms with Crippen LogP contribution in [0.4, 0.5) is 11.5 Å². The number of nitrogens with one attached hydrogen (secondary N) is 1. The Kier molecular flexibility index (Phi) is 4.55. The first-order chi connectivity index (χ1) is 12.1. The van der Waals surface area contributed by atoms with Crippen LogP contribution in [-0.4, -0.2) is 47.2 Å². The summed E-state index contributed by atoms with van der Waals surface area (Å²) in [5.74, 6) is 0.531. The molecule has 25 heavy (non-hydrogen) atoms. The van der Waals surface area contributed by atoms with Crippen molar-refractivity contribution in [2.45, 2.75) is 0 Å². The van der Waals surface area contributed by atoms with Gasteiger partial charge in [-0.15, -0.1) is 0 Å². The molecule has 3 aromatic rings. The Morgan fingerprint density at radius 2 is 2.16 bits per heavy atom. The molecule has 3 rings (SSSR count). The molecule has 128 valence electrons. The molecule has 0 aliphatic heterocycles. The first kappa shape index (κ1) is 16.4. The van der Waals surface area contributed by atoms with Crippen LogP contribution in [-0.2, 0) is 0 Å². The average molecular weight is 340 g/mol. The van der Waals surface area contributed by atoms with Crippen molar-refractivity contribution >= 4 is 17.4 Å². The largest absolute Gasteiger partial charge is 0.467 e. The summed E-state index contributed by atoms with van der Waals surface area (Å²) < 4.78 is 10.2. The summed E-state index contributed by atoms with van der Waals surface area (Å²) in [7, 11) is 5.07. The standard InChI is InChI=1S/C16H16N6O3/c1-22(2)14-12(9-18-16(20-14)24-3)19-15(23)11-7-13(25-21-11)10-5-4-6-17-8-10/h4-9H,1-3H3,(H,19,23). The van der Waals surface area contributed by atoms with E-state index in [-0.39, 0.29) is 11.7 Å². The summed E-state index contributed by atoms with van der Waals surface area (Å²) in [5, 5.41) is 6.53. The summed E-state index contributed by atoms with van der Waals surface area (Å²) in [6, 6.07) is 5.35. The Morgan fingerprint density at radius 1 is 1.32 bits per heavy atom. The molecule has 0 spiro atoms. The van der Waals surface area contributed by atoms with E-state index in [1.165, 1.54) is 13.3 Å². The lowest BCUT2D eigenvalue weighted by atomic mass is 10.2. The normalized spacial score (nSPS) is 10.4. The zero-order valence-electron chi connectivity index (χ0n) is 13.9. The third-order valence-corrected chi connectivity index (χ3v) is 3.29. The third kappa shape index (κ3) is 3.55. The maximum absolute atomic E-state index is 12.4. The summed E-state index contributed by atoms with van der Waals surface area (Å²) in [6.45, 7) is 0. The van der Waals surface area contributed by atoms with Gasteiger partial charge in [0.1, 0.15) is 5.69 Å². The molecule has 1 N–H and O–H groups in total. The van der Waals surface area contributed by atoms with Crippen LogP contribution in [0, 0.1) is 0 Å². The second kappa shape index (κ2) is 6.95. The van der Waals surface area contributed by atoms with Crippen molar-refractivity contribution in [1.29, 1.82) is 0 Å². The highest BCUT2D eigenvalue weighted by Gasteiger charge is 2.17. The third-order valence-electron chi connectivity index (χ3n) is 3.29. The Labute approximate surface area is 143 Å². The number of hydrogen-bond donors (Lipinski definition) is 1. The van der Waals surface area contributed by atoms with E-state index in [9.17, 15) is 4.79 Å². The van der Waals surface area contributed by atoms with E-state index in [1.807, 2.05) is 6.07 Å². The van der Waals surface area contributed by atoms with Gasteiger partial charge in [-0.2, -0.15) is 4.98 Å². The number of amides is 1. The van der Waals surface area contributed by atoms with Crippen LogP contribution in [0.1, 0.15) is 10.5 Å². The van der Waals surface area contributed by atoms with Gasteiger partial charge in [0, 0.05) is 38.1 Å². The van der Waals surface area contributed by atoms with Gasteiger partial charge < -0.3 is 19.5 Å². The molecule has 0 unspecified atom stereocenters. The molecule has 9 heteroatoms. The highest BCUT2D eigenvalue weighted by atomic mass is 16.5. The predicted molar refractivity (Wildman–Crippen MR) is 90.6 cm³/mol. The molecule has 0 saturated carbocycles. The van der Waals surface area contributed by atoms with Crippen LogP contribution in [0.2, 0.25) is 0 Å². The Hall–Kier alpha value is -3.49. The van der Waals surface area contributed by atoms with Crippen LogP contribution in [0.15, 0.2) is 41.3 Å². The summed E-state index contributed by atoms with van der Waals surface area (Å²) >= 11 is 0. The Bertz CT molecular complexity index is 879. The molecule has 0 bridgehead atoms. The molecule has 0 aliphatic rings. The minimum Gasteiger partial charge on any atom is -0.467 e. The van der Waals surface area contributed by atoms with Gasteiger partial charge in [-0.1, -0.05) is 5.16 Å². The van der Waals surface area contributed by atoms with Crippen molar-refractivity contribution in [2.75, 3.05) is 31.4 Å². The van der Waals surface area contributed by atoms with Crippen molar-refractivity contribution in [3.8, 4) is 17.3 Å². The zero-order valence-corrected chi connectivity index (χ0v) is 13.9. The minimum atomic E-state index is -0.434. The van der Waals surface area contributed by atoms with E-state index in [4.69, 9.17) is 9.26 Å². The van der Waals surface area contributed by atoms with E-state index in [2.05, 4.69) is 25.4 Å². The second-order valence-electron chi connectivity index (χ2n) is 5.26. The lowest BCUT2D eigenvalue weighted by Gasteiger charge is -2.16. The molecule has 0 aromatic carbocycles. The monoisotopic (exact) mass is 340 g/mol. The summed E-state index contributed by atoms with van der Waals surface area (Å²) in [6.07, 6.45) is 4.75. The van der Waals surface area contributed by atoms with Gasteiger partial charge in [0.25, 0.3) is 5.91 Å². The molecule has 1 amide bonds. The number of carbonyl (C=O) groups excluding carboxylic acids is 1. The van der Waals surface area contributed by atoms with Crippen LogP contribution in [0.5, 0.6) is 6.01 Å². The predicted octanol–water partition coefficient (Wildman–Crippen LogP) is 1.85. The maximum atomic E-state index is 12.4. The highest BCUT2D eigenvalue weighted by molar-refractivity contribution is 6.04. The molecule has 0 fully saturated rings. The second-order valence-corrected chi connectivity index (χ2v) is 5.26. The number of aromatic nitrogens is 4. The fourth-order valence-corrected chi connectivity index (χ4v) is 2.10. The number of pyridine rings is 1. The fraction of sp³-hybridized carbons (Fsp3) is 0.188. The lowest BCUT2D eigenvalue weighted by molar-refractivity contribution is 0.101.